The maximum atomic E-state index is 14.2. The van der Waals surface area contributed by atoms with Crippen LogP contribution in [0.25, 0.3) is 0 Å². The van der Waals surface area contributed by atoms with Gasteiger partial charge in [0.15, 0.2) is 5.78 Å². The van der Waals surface area contributed by atoms with Crippen LogP contribution in [0.15, 0.2) is 18.2 Å². The van der Waals surface area contributed by atoms with Crippen LogP contribution in [0.5, 0.6) is 0 Å². The molecule has 0 spiro atoms. The zero-order valence-corrected chi connectivity index (χ0v) is 16.6. The van der Waals surface area contributed by atoms with E-state index in [0.717, 1.165) is 18.4 Å². The number of carbonyl (C=O) groups excluding carboxylic acids is 2. The third-order valence-corrected chi connectivity index (χ3v) is 5.05. The molecule has 3 rings (SSSR count). The van der Waals surface area contributed by atoms with Crippen molar-refractivity contribution >= 4 is 11.9 Å². The summed E-state index contributed by atoms with van der Waals surface area (Å²) in [6.07, 6.45) is 1.74. The van der Waals surface area contributed by atoms with E-state index in [2.05, 4.69) is 0 Å². The first-order chi connectivity index (χ1) is 12.6. The summed E-state index contributed by atoms with van der Waals surface area (Å²) in [5, 5.41) is 0. The standard InChI is InChI=1S/C21H29FN2O3/c1-14-12-23(9-10-24(14)20(26)27-21(2,3)4)13-19(25)16-7-8-17(15-5-6-15)18(22)11-16/h7-8,11,14-15H,5-6,9-10,12-13H2,1-4H3/t14-/m1/s1. The summed E-state index contributed by atoms with van der Waals surface area (Å²) in [5.41, 5.74) is 0.617. The molecule has 5 nitrogen and oxygen atoms in total. The topological polar surface area (TPSA) is 49.9 Å². The molecule has 1 saturated heterocycles. The summed E-state index contributed by atoms with van der Waals surface area (Å²) >= 11 is 0. The van der Waals surface area contributed by atoms with Gasteiger partial charge in [0.05, 0.1) is 6.54 Å². The van der Waals surface area contributed by atoms with Gasteiger partial charge in [-0.2, -0.15) is 0 Å². The fourth-order valence-electron chi connectivity index (χ4n) is 3.49. The highest BCUT2D eigenvalue weighted by Gasteiger charge is 2.32. The van der Waals surface area contributed by atoms with Crippen LogP contribution in [0.1, 0.15) is 62.4 Å². The van der Waals surface area contributed by atoms with Crippen LogP contribution in [-0.2, 0) is 4.74 Å². The number of hydrogen-bond donors (Lipinski definition) is 0. The molecule has 2 aliphatic rings. The van der Waals surface area contributed by atoms with Gasteiger partial charge in [-0.15, -0.1) is 0 Å². The SMILES string of the molecule is C[C@@H]1CN(CC(=O)c2ccc(C3CC3)c(F)c2)CCN1C(=O)OC(C)(C)C. The highest BCUT2D eigenvalue weighted by atomic mass is 19.1. The van der Waals surface area contributed by atoms with E-state index in [1.54, 1.807) is 17.0 Å². The highest BCUT2D eigenvalue weighted by Crippen LogP contribution is 2.41. The minimum Gasteiger partial charge on any atom is -0.444 e. The Balaban J connectivity index is 1.55. The fourth-order valence-corrected chi connectivity index (χ4v) is 3.49. The Morgan fingerprint density at radius 2 is 1.93 bits per heavy atom. The Kier molecular flexibility index (Phi) is 5.56. The van der Waals surface area contributed by atoms with Crippen molar-refractivity contribution in [2.24, 2.45) is 0 Å². The van der Waals surface area contributed by atoms with Crippen LogP contribution in [0.4, 0.5) is 9.18 Å². The van der Waals surface area contributed by atoms with Crippen molar-refractivity contribution in [1.82, 2.24) is 9.80 Å². The lowest BCUT2D eigenvalue weighted by Gasteiger charge is -2.40. The van der Waals surface area contributed by atoms with Crippen LogP contribution in [0, 0.1) is 5.82 Å². The van der Waals surface area contributed by atoms with Crippen molar-refractivity contribution in [3.63, 3.8) is 0 Å². The molecule has 1 aromatic carbocycles. The summed E-state index contributed by atoms with van der Waals surface area (Å²) in [5.74, 6) is -0.0310. The molecule has 0 aromatic heterocycles. The normalized spacial score (nSPS) is 21.2. The Hall–Kier alpha value is -1.95. The first kappa shape index (κ1) is 19.8. The number of amides is 1. The summed E-state index contributed by atoms with van der Waals surface area (Å²) in [6, 6.07) is 4.81. The maximum absolute atomic E-state index is 14.2. The number of Topliss-reactive ketones (excluding diaryl/α,β-unsaturated/α-hetero) is 1. The number of ether oxygens (including phenoxy) is 1. The predicted molar refractivity (Wildman–Crippen MR) is 102 cm³/mol. The molecule has 1 atom stereocenters. The average Bonchev–Trinajstić information content (AvgIpc) is 3.37. The van der Waals surface area contributed by atoms with Crippen molar-refractivity contribution in [3.8, 4) is 0 Å². The molecule has 1 amide bonds. The predicted octanol–water partition coefficient (Wildman–Crippen LogP) is 3.83. The molecule has 0 bridgehead atoms. The van der Waals surface area contributed by atoms with Gasteiger partial charge in [0.1, 0.15) is 11.4 Å². The van der Waals surface area contributed by atoms with Gasteiger partial charge in [0.2, 0.25) is 0 Å². The molecule has 2 fully saturated rings. The second-order valence-electron chi connectivity index (χ2n) is 8.69. The number of carbonyl (C=O) groups is 2. The molecule has 148 valence electrons. The first-order valence-corrected chi connectivity index (χ1v) is 9.68. The average molecular weight is 376 g/mol. The van der Waals surface area contributed by atoms with Gasteiger partial charge in [-0.1, -0.05) is 12.1 Å². The van der Waals surface area contributed by atoms with Crippen molar-refractivity contribution in [2.75, 3.05) is 26.2 Å². The molecular weight excluding hydrogens is 347 g/mol. The lowest BCUT2D eigenvalue weighted by molar-refractivity contribution is 0.00220. The van der Waals surface area contributed by atoms with Gasteiger partial charge >= 0.3 is 6.09 Å². The summed E-state index contributed by atoms with van der Waals surface area (Å²) in [6.45, 7) is 9.41. The summed E-state index contributed by atoms with van der Waals surface area (Å²) in [4.78, 5) is 28.6. The number of benzene rings is 1. The highest BCUT2D eigenvalue weighted by molar-refractivity contribution is 5.97. The number of rotatable bonds is 4. The van der Waals surface area contributed by atoms with Gasteiger partial charge in [-0.3, -0.25) is 9.69 Å². The lowest BCUT2D eigenvalue weighted by Crippen LogP contribution is -2.55. The third kappa shape index (κ3) is 5.06. The van der Waals surface area contributed by atoms with Crippen LogP contribution in [-0.4, -0.2) is 59.5 Å². The smallest absolute Gasteiger partial charge is 0.410 e. The van der Waals surface area contributed by atoms with E-state index in [1.807, 2.05) is 32.6 Å². The molecule has 6 heteroatoms. The van der Waals surface area contributed by atoms with Gasteiger partial charge in [-0.05, 0) is 58.1 Å². The number of hydrogen-bond acceptors (Lipinski definition) is 4. The largest absolute Gasteiger partial charge is 0.444 e. The minimum absolute atomic E-state index is 0.0459. The molecular formula is C21H29FN2O3. The first-order valence-electron chi connectivity index (χ1n) is 9.68. The van der Waals surface area contributed by atoms with Crippen LogP contribution < -0.4 is 0 Å². The number of nitrogens with zero attached hydrogens (tertiary/aromatic N) is 2. The van der Waals surface area contributed by atoms with Crippen molar-refractivity contribution in [3.05, 3.63) is 35.1 Å². The molecule has 1 aliphatic heterocycles. The Morgan fingerprint density at radius 1 is 1.22 bits per heavy atom. The van der Waals surface area contributed by atoms with Gasteiger partial charge in [0, 0.05) is 31.2 Å². The van der Waals surface area contributed by atoms with E-state index in [-0.39, 0.29) is 30.3 Å². The van der Waals surface area contributed by atoms with E-state index in [4.69, 9.17) is 4.74 Å². The molecule has 0 N–H and O–H groups in total. The van der Waals surface area contributed by atoms with Gasteiger partial charge < -0.3 is 9.64 Å². The summed E-state index contributed by atoms with van der Waals surface area (Å²) < 4.78 is 19.6. The van der Waals surface area contributed by atoms with Crippen molar-refractivity contribution < 1.29 is 18.7 Å². The van der Waals surface area contributed by atoms with E-state index in [9.17, 15) is 14.0 Å². The van der Waals surface area contributed by atoms with Crippen LogP contribution in [0.2, 0.25) is 0 Å². The Bertz CT molecular complexity index is 725. The molecule has 1 heterocycles. The zero-order valence-electron chi connectivity index (χ0n) is 16.6. The van der Waals surface area contributed by atoms with Crippen molar-refractivity contribution in [2.45, 2.75) is 58.1 Å². The number of ketones is 1. The second-order valence-corrected chi connectivity index (χ2v) is 8.69. The fraction of sp³-hybridized carbons (Fsp3) is 0.619. The van der Waals surface area contributed by atoms with E-state index in [0.29, 0.717) is 31.1 Å². The van der Waals surface area contributed by atoms with Crippen LogP contribution >= 0.6 is 0 Å². The minimum atomic E-state index is -0.527. The number of halogens is 1. The molecule has 0 radical (unpaired) electrons. The van der Waals surface area contributed by atoms with Gasteiger partial charge in [-0.25, -0.2) is 9.18 Å². The second kappa shape index (κ2) is 7.58. The molecule has 1 aromatic rings. The molecule has 1 aliphatic carbocycles. The van der Waals surface area contributed by atoms with E-state index < -0.39 is 5.60 Å². The number of piperazine rings is 1. The monoisotopic (exact) mass is 376 g/mol. The zero-order chi connectivity index (χ0) is 19.8. The van der Waals surface area contributed by atoms with Gasteiger partial charge in [0.25, 0.3) is 0 Å². The molecule has 27 heavy (non-hydrogen) atoms. The lowest BCUT2D eigenvalue weighted by atomic mass is 10.0. The Morgan fingerprint density at radius 3 is 2.48 bits per heavy atom. The Labute approximate surface area is 160 Å². The third-order valence-electron chi connectivity index (χ3n) is 5.05. The maximum Gasteiger partial charge on any atom is 0.410 e. The van der Waals surface area contributed by atoms with E-state index >= 15 is 0 Å². The summed E-state index contributed by atoms with van der Waals surface area (Å²) in [7, 11) is 0. The molecule has 1 saturated carbocycles. The molecule has 0 unspecified atom stereocenters. The van der Waals surface area contributed by atoms with Crippen LogP contribution in [0.3, 0.4) is 0 Å². The van der Waals surface area contributed by atoms with Crippen molar-refractivity contribution in [1.29, 1.82) is 0 Å². The quantitative estimate of drug-likeness (QED) is 0.750. The van der Waals surface area contributed by atoms with E-state index in [1.165, 1.54) is 6.07 Å².